The van der Waals surface area contributed by atoms with Crippen molar-refractivity contribution in [2.75, 3.05) is 0 Å². The van der Waals surface area contributed by atoms with Gasteiger partial charge >= 0.3 is 0 Å². The van der Waals surface area contributed by atoms with E-state index in [0.717, 1.165) is 16.7 Å². The molecule has 1 aliphatic carbocycles. The van der Waals surface area contributed by atoms with Crippen LogP contribution in [0.25, 0.3) is 49.0 Å². The molecule has 0 amide bonds. The first kappa shape index (κ1) is 25.0. The zero-order valence-electron chi connectivity index (χ0n) is 23.4. The second-order valence-corrected chi connectivity index (χ2v) is 11.0. The SMILES string of the molecule is [C-]#[N+]c1cc(-c2cccc(-c3cc4c(c5ccccc35)-c3ccccc3C4(c3ccccc3)c3ccccc3)c2)ccn1. The first-order valence-corrected chi connectivity index (χ1v) is 14.5. The molecule has 0 N–H and O–H groups in total. The molecule has 8 rings (SSSR count). The zero-order chi connectivity index (χ0) is 28.8. The summed E-state index contributed by atoms with van der Waals surface area (Å²) in [4.78, 5) is 7.73. The lowest BCUT2D eigenvalue weighted by molar-refractivity contribution is 0.769. The van der Waals surface area contributed by atoms with Gasteiger partial charge in [-0.1, -0.05) is 134 Å². The highest BCUT2D eigenvalue weighted by atomic mass is 14.8. The van der Waals surface area contributed by atoms with Gasteiger partial charge in [0.25, 0.3) is 5.82 Å². The molecule has 0 radical (unpaired) electrons. The molecule has 0 bridgehead atoms. The standard InChI is InChI=1S/C41H26N2/c1-42-39-26-29(23-24-43-39)28-13-12-14-30(25-28)36-27-38-40(34-20-9-8-19-33(34)36)35-21-10-11-22-37(35)41(38,31-15-4-2-5-16-31)32-17-6-3-7-18-32/h2-27H. The van der Waals surface area contributed by atoms with E-state index < -0.39 is 5.41 Å². The van der Waals surface area contributed by atoms with Crippen LogP contribution in [0.5, 0.6) is 0 Å². The topological polar surface area (TPSA) is 17.2 Å². The van der Waals surface area contributed by atoms with Crippen molar-refractivity contribution in [1.29, 1.82) is 0 Å². The molecule has 0 unspecified atom stereocenters. The molecule has 0 saturated carbocycles. The minimum atomic E-state index is -0.472. The molecule has 7 aromatic rings. The first-order valence-electron chi connectivity index (χ1n) is 14.5. The number of aromatic nitrogens is 1. The van der Waals surface area contributed by atoms with Gasteiger partial charge in [-0.3, -0.25) is 0 Å². The second-order valence-electron chi connectivity index (χ2n) is 11.0. The molecule has 1 aromatic heterocycles. The van der Waals surface area contributed by atoms with Gasteiger partial charge < -0.3 is 4.85 Å². The average Bonchev–Trinajstić information content (AvgIpc) is 3.40. The van der Waals surface area contributed by atoms with Crippen LogP contribution in [0.15, 0.2) is 158 Å². The van der Waals surface area contributed by atoms with E-state index in [4.69, 9.17) is 6.57 Å². The molecule has 2 nitrogen and oxygen atoms in total. The normalized spacial score (nSPS) is 12.8. The van der Waals surface area contributed by atoms with Crippen molar-refractivity contribution >= 4 is 16.6 Å². The van der Waals surface area contributed by atoms with Gasteiger partial charge in [0.1, 0.15) is 6.20 Å². The minimum absolute atomic E-state index is 0.402. The predicted octanol–water partition coefficient (Wildman–Crippen LogP) is 10.5. The molecule has 200 valence electrons. The lowest BCUT2D eigenvalue weighted by atomic mass is 9.67. The van der Waals surface area contributed by atoms with Crippen LogP contribution < -0.4 is 0 Å². The van der Waals surface area contributed by atoms with Crippen molar-refractivity contribution in [1.82, 2.24) is 4.98 Å². The number of fused-ring (bicyclic) bond motifs is 5. The maximum absolute atomic E-state index is 7.44. The number of pyridine rings is 1. The summed E-state index contributed by atoms with van der Waals surface area (Å²) >= 11 is 0. The Bertz CT molecular complexity index is 2150. The van der Waals surface area contributed by atoms with Crippen molar-refractivity contribution in [3.63, 3.8) is 0 Å². The molecule has 0 aliphatic heterocycles. The van der Waals surface area contributed by atoms with Gasteiger partial charge in [-0.05, 0) is 90.7 Å². The first-order chi connectivity index (χ1) is 21.3. The van der Waals surface area contributed by atoms with Gasteiger partial charge in [0.2, 0.25) is 0 Å². The molecule has 0 atom stereocenters. The van der Waals surface area contributed by atoms with Gasteiger partial charge in [0.15, 0.2) is 0 Å². The van der Waals surface area contributed by atoms with Crippen molar-refractivity contribution < 1.29 is 0 Å². The molecular formula is C41H26N2. The van der Waals surface area contributed by atoms with E-state index in [1.807, 2.05) is 12.1 Å². The third kappa shape index (κ3) is 3.76. The summed E-state index contributed by atoms with van der Waals surface area (Å²) in [5, 5.41) is 2.47. The highest BCUT2D eigenvalue weighted by Crippen LogP contribution is 2.58. The van der Waals surface area contributed by atoms with Crippen LogP contribution in [-0.2, 0) is 5.41 Å². The number of benzene rings is 6. The Balaban J connectivity index is 1.48. The van der Waals surface area contributed by atoms with E-state index in [-0.39, 0.29) is 0 Å². The maximum Gasteiger partial charge on any atom is 0.270 e. The van der Waals surface area contributed by atoms with Gasteiger partial charge in [-0.2, -0.15) is 0 Å². The van der Waals surface area contributed by atoms with Crippen LogP contribution in [0.2, 0.25) is 0 Å². The van der Waals surface area contributed by atoms with Crippen molar-refractivity contribution in [2.24, 2.45) is 0 Å². The maximum atomic E-state index is 7.44. The number of hydrogen-bond donors (Lipinski definition) is 0. The second kappa shape index (κ2) is 9.94. The smallest absolute Gasteiger partial charge is 0.270 e. The third-order valence-corrected chi connectivity index (χ3v) is 8.83. The van der Waals surface area contributed by atoms with Crippen molar-refractivity contribution in [3.05, 3.63) is 192 Å². The molecule has 2 heteroatoms. The Kier molecular flexibility index (Phi) is 5.77. The van der Waals surface area contributed by atoms with Crippen LogP contribution >= 0.6 is 0 Å². The summed E-state index contributed by atoms with van der Waals surface area (Å²) < 4.78 is 0. The van der Waals surface area contributed by atoms with Gasteiger partial charge in [0, 0.05) is 0 Å². The minimum Gasteiger partial charge on any atom is -0.361 e. The monoisotopic (exact) mass is 546 g/mol. The fraction of sp³-hybridized carbons (Fsp3) is 0.0244. The number of rotatable bonds is 4. The summed E-state index contributed by atoms with van der Waals surface area (Å²) in [7, 11) is 0. The zero-order valence-corrected chi connectivity index (χ0v) is 23.4. The molecule has 0 fully saturated rings. The molecule has 1 heterocycles. The van der Waals surface area contributed by atoms with Crippen LogP contribution in [-0.4, -0.2) is 4.98 Å². The van der Waals surface area contributed by atoms with E-state index in [9.17, 15) is 0 Å². The fourth-order valence-corrected chi connectivity index (χ4v) is 7.06. The van der Waals surface area contributed by atoms with Crippen LogP contribution in [0, 0.1) is 6.57 Å². The van der Waals surface area contributed by atoms with Crippen LogP contribution in [0.4, 0.5) is 5.82 Å². The highest BCUT2D eigenvalue weighted by molar-refractivity contribution is 6.10. The molecule has 0 saturated heterocycles. The van der Waals surface area contributed by atoms with Crippen molar-refractivity contribution in [3.8, 4) is 33.4 Å². The van der Waals surface area contributed by atoms with Crippen LogP contribution in [0.3, 0.4) is 0 Å². The summed E-state index contributed by atoms with van der Waals surface area (Å²) in [5.74, 6) is 0.402. The predicted molar refractivity (Wildman–Crippen MR) is 176 cm³/mol. The molecular weight excluding hydrogens is 520 g/mol. The van der Waals surface area contributed by atoms with Gasteiger partial charge in [-0.25, -0.2) is 0 Å². The summed E-state index contributed by atoms with van der Waals surface area (Å²) in [6.07, 6.45) is 1.71. The van der Waals surface area contributed by atoms with Crippen molar-refractivity contribution in [2.45, 2.75) is 5.41 Å². The van der Waals surface area contributed by atoms with E-state index in [0.29, 0.717) is 5.82 Å². The molecule has 6 aromatic carbocycles. The Morgan fingerprint density at radius 1 is 0.488 bits per heavy atom. The van der Waals surface area contributed by atoms with E-state index in [2.05, 4.69) is 149 Å². The molecule has 43 heavy (non-hydrogen) atoms. The quantitative estimate of drug-likeness (QED) is 0.201. The van der Waals surface area contributed by atoms with Crippen LogP contribution in [0.1, 0.15) is 22.3 Å². The highest BCUT2D eigenvalue weighted by Gasteiger charge is 2.46. The average molecular weight is 547 g/mol. The van der Waals surface area contributed by atoms with Gasteiger partial charge in [-0.15, -0.1) is 4.98 Å². The Labute approximate surface area is 251 Å². The summed E-state index contributed by atoms with van der Waals surface area (Å²) in [6, 6.07) is 54.5. The van der Waals surface area contributed by atoms with E-state index >= 15 is 0 Å². The fourth-order valence-electron chi connectivity index (χ4n) is 7.06. The Hall–Kier alpha value is -5.78. The van der Waals surface area contributed by atoms with Gasteiger partial charge in [0.05, 0.1) is 5.41 Å². The summed E-state index contributed by atoms with van der Waals surface area (Å²) in [6.45, 7) is 7.44. The number of hydrogen-bond acceptors (Lipinski definition) is 1. The van der Waals surface area contributed by atoms with E-state index in [1.54, 1.807) is 6.20 Å². The third-order valence-electron chi connectivity index (χ3n) is 8.83. The largest absolute Gasteiger partial charge is 0.361 e. The molecule has 0 spiro atoms. The Morgan fingerprint density at radius 3 is 1.86 bits per heavy atom. The number of nitrogens with zero attached hydrogens (tertiary/aromatic N) is 2. The molecule has 1 aliphatic rings. The Morgan fingerprint density at radius 2 is 1.12 bits per heavy atom. The van der Waals surface area contributed by atoms with E-state index in [1.165, 1.54) is 49.7 Å². The lowest BCUT2D eigenvalue weighted by Crippen LogP contribution is -2.28. The summed E-state index contributed by atoms with van der Waals surface area (Å²) in [5.41, 5.74) is 11.6. The lowest BCUT2D eigenvalue weighted by Gasteiger charge is -2.34.